The Balaban J connectivity index is 1.63. The maximum atomic E-state index is 4.61. The van der Waals surface area contributed by atoms with Crippen molar-refractivity contribution >= 4 is 5.95 Å². The summed E-state index contributed by atoms with van der Waals surface area (Å²) in [6.07, 6.45) is 13.6. The van der Waals surface area contributed by atoms with Gasteiger partial charge >= 0.3 is 0 Å². The van der Waals surface area contributed by atoms with Gasteiger partial charge in [0.2, 0.25) is 5.95 Å². The molecule has 2 atom stereocenters. The van der Waals surface area contributed by atoms with Gasteiger partial charge in [0, 0.05) is 24.5 Å². The van der Waals surface area contributed by atoms with Crippen molar-refractivity contribution in [2.45, 2.75) is 77.8 Å². The average molecular weight is 287 g/mol. The van der Waals surface area contributed by atoms with Gasteiger partial charge in [0.1, 0.15) is 0 Å². The van der Waals surface area contributed by atoms with E-state index < -0.39 is 0 Å². The van der Waals surface area contributed by atoms with Crippen molar-refractivity contribution in [2.75, 3.05) is 5.32 Å². The summed E-state index contributed by atoms with van der Waals surface area (Å²) >= 11 is 0. The fourth-order valence-electron chi connectivity index (χ4n) is 6.68. The summed E-state index contributed by atoms with van der Waals surface area (Å²) in [6, 6.07) is 0. The van der Waals surface area contributed by atoms with Gasteiger partial charge in [-0.15, -0.1) is 0 Å². The molecule has 0 saturated heterocycles. The first-order valence-corrected chi connectivity index (χ1v) is 8.73. The van der Waals surface area contributed by atoms with Gasteiger partial charge in [0.25, 0.3) is 0 Å². The van der Waals surface area contributed by atoms with Crippen molar-refractivity contribution < 1.29 is 0 Å². The molecule has 4 bridgehead atoms. The lowest BCUT2D eigenvalue weighted by atomic mass is 9.43. The number of aromatic nitrogens is 2. The van der Waals surface area contributed by atoms with Crippen LogP contribution in [0.4, 0.5) is 5.95 Å². The van der Waals surface area contributed by atoms with E-state index in [0.717, 1.165) is 24.8 Å². The number of imidazole rings is 1. The van der Waals surface area contributed by atoms with E-state index in [1.54, 1.807) is 0 Å². The zero-order chi connectivity index (χ0) is 14.7. The molecular formula is C18H29N3. The molecule has 0 aliphatic heterocycles. The van der Waals surface area contributed by atoms with Gasteiger partial charge in [-0.2, -0.15) is 0 Å². The minimum Gasteiger partial charge on any atom is -0.350 e. The topological polar surface area (TPSA) is 29.9 Å². The highest BCUT2D eigenvalue weighted by Gasteiger charge is 2.60. The summed E-state index contributed by atoms with van der Waals surface area (Å²) in [7, 11) is 0. The molecule has 4 aliphatic carbocycles. The minimum atomic E-state index is 0.305. The third kappa shape index (κ3) is 2.20. The summed E-state index contributed by atoms with van der Waals surface area (Å²) in [5.74, 6) is 2.03. The fraction of sp³-hybridized carbons (Fsp3) is 0.833. The lowest BCUT2D eigenvalue weighted by Gasteiger charge is -2.65. The molecular weight excluding hydrogens is 258 g/mol. The third-order valence-electron chi connectivity index (χ3n) is 6.18. The maximum Gasteiger partial charge on any atom is 0.203 e. The average Bonchev–Trinajstić information content (AvgIpc) is 2.71. The molecule has 0 radical (unpaired) electrons. The highest BCUT2D eigenvalue weighted by Crippen LogP contribution is 2.66. The number of aryl methyl sites for hydroxylation is 1. The molecule has 3 nitrogen and oxygen atoms in total. The van der Waals surface area contributed by atoms with Crippen molar-refractivity contribution in [1.82, 2.24) is 9.55 Å². The molecule has 4 fully saturated rings. The molecule has 4 saturated carbocycles. The molecule has 21 heavy (non-hydrogen) atoms. The molecule has 0 aromatic carbocycles. The SMILES string of the molecule is CCCn1ccnc1NC12CC3CC(C)(CC(C)(C3)C1)C2. The van der Waals surface area contributed by atoms with Crippen molar-refractivity contribution in [3.8, 4) is 0 Å². The van der Waals surface area contributed by atoms with Gasteiger partial charge in [0.05, 0.1) is 0 Å². The summed E-state index contributed by atoms with van der Waals surface area (Å²) in [5.41, 5.74) is 1.42. The molecule has 1 N–H and O–H groups in total. The summed E-state index contributed by atoms with van der Waals surface area (Å²) in [4.78, 5) is 4.61. The van der Waals surface area contributed by atoms with Crippen LogP contribution in [-0.2, 0) is 6.54 Å². The lowest BCUT2D eigenvalue weighted by molar-refractivity contribution is -0.0975. The summed E-state index contributed by atoms with van der Waals surface area (Å²) < 4.78 is 2.29. The van der Waals surface area contributed by atoms with Crippen LogP contribution in [0, 0.1) is 16.7 Å². The van der Waals surface area contributed by atoms with Crippen LogP contribution in [-0.4, -0.2) is 15.1 Å². The van der Waals surface area contributed by atoms with Crippen LogP contribution < -0.4 is 5.32 Å². The maximum absolute atomic E-state index is 4.61. The predicted octanol–water partition coefficient (Wildman–Crippen LogP) is 4.45. The van der Waals surface area contributed by atoms with Crippen LogP contribution in [0.1, 0.15) is 65.7 Å². The van der Waals surface area contributed by atoms with Crippen LogP contribution in [0.2, 0.25) is 0 Å². The van der Waals surface area contributed by atoms with Crippen LogP contribution in [0.15, 0.2) is 12.4 Å². The van der Waals surface area contributed by atoms with Crippen LogP contribution >= 0.6 is 0 Å². The zero-order valence-electron chi connectivity index (χ0n) is 13.8. The molecule has 2 unspecified atom stereocenters. The lowest BCUT2D eigenvalue weighted by Crippen LogP contribution is -2.61. The number of anilines is 1. The predicted molar refractivity (Wildman–Crippen MR) is 86.3 cm³/mol. The van der Waals surface area contributed by atoms with E-state index in [1.807, 2.05) is 6.20 Å². The second-order valence-electron chi connectivity index (χ2n) is 8.98. The molecule has 0 spiro atoms. The molecule has 5 rings (SSSR count). The first-order chi connectivity index (χ1) is 9.93. The second kappa shape index (κ2) is 4.27. The van der Waals surface area contributed by atoms with E-state index in [1.165, 1.54) is 38.5 Å². The highest BCUT2D eigenvalue weighted by molar-refractivity contribution is 5.34. The van der Waals surface area contributed by atoms with Crippen LogP contribution in [0.5, 0.6) is 0 Å². The van der Waals surface area contributed by atoms with Gasteiger partial charge in [-0.05, 0) is 61.7 Å². The van der Waals surface area contributed by atoms with E-state index >= 15 is 0 Å². The Hall–Kier alpha value is -0.990. The van der Waals surface area contributed by atoms with Crippen molar-refractivity contribution in [2.24, 2.45) is 16.7 Å². The Kier molecular flexibility index (Phi) is 2.78. The largest absolute Gasteiger partial charge is 0.350 e. The zero-order valence-corrected chi connectivity index (χ0v) is 13.8. The van der Waals surface area contributed by atoms with Crippen LogP contribution in [0.3, 0.4) is 0 Å². The number of rotatable bonds is 4. The molecule has 3 heteroatoms. The standard InChI is InChI=1S/C18H29N3/c1-4-6-21-7-5-19-15(21)20-18-10-14-8-16(2,12-18)11-17(3,9-14)13-18/h5,7,14H,4,6,8-13H2,1-3H3,(H,19,20). The minimum absolute atomic E-state index is 0.305. The van der Waals surface area contributed by atoms with E-state index in [2.05, 4.69) is 41.8 Å². The first-order valence-electron chi connectivity index (χ1n) is 8.73. The molecule has 4 aliphatic rings. The van der Waals surface area contributed by atoms with Gasteiger partial charge in [-0.1, -0.05) is 20.8 Å². The van der Waals surface area contributed by atoms with E-state index in [-0.39, 0.29) is 0 Å². The Bertz CT molecular complexity index is 528. The van der Waals surface area contributed by atoms with Crippen LogP contribution in [0.25, 0.3) is 0 Å². The summed E-state index contributed by atoms with van der Waals surface area (Å²) in [5, 5.41) is 3.92. The summed E-state index contributed by atoms with van der Waals surface area (Å²) in [6.45, 7) is 8.36. The number of hydrogen-bond donors (Lipinski definition) is 1. The van der Waals surface area contributed by atoms with Gasteiger partial charge in [-0.25, -0.2) is 4.98 Å². The molecule has 1 heterocycles. The molecule has 1 aromatic rings. The molecule has 116 valence electrons. The van der Waals surface area contributed by atoms with E-state index in [4.69, 9.17) is 0 Å². The number of hydrogen-bond acceptors (Lipinski definition) is 2. The van der Waals surface area contributed by atoms with Gasteiger partial charge < -0.3 is 9.88 Å². The molecule has 0 amide bonds. The second-order valence-corrected chi connectivity index (χ2v) is 8.98. The van der Waals surface area contributed by atoms with Gasteiger partial charge in [0.15, 0.2) is 0 Å². The first kappa shape index (κ1) is 13.7. The molecule has 1 aromatic heterocycles. The van der Waals surface area contributed by atoms with E-state index in [9.17, 15) is 0 Å². The van der Waals surface area contributed by atoms with Crippen molar-refractivity contribution in [3.05, 3.63) is 12.4 Å². The third-order valence-corrected chi connectivity index (χ3v) is 6.18. The number of nitrogens with one attached hydrogen (secondary N) is 1. The van der Waals surface area contributed by atoms with Crippen molar-refractivity contribution in [1.29, 1.82) is 0 Å². The Morgan fingerprint density at radius 1 is 1.19 bits per heavy atom. The monoisotopic (exact) mass is 287 g/mol. The quantitative estimate of drug-likeness (QED) is 0.886. The Morgan fingerprint density at radius 3 is 2.52 bits per heavy atom. The van der Waals surface area contributed by atoms with E-state index in [0.29, 0.717) is 16.4 Å². The van der Waals surface area contributed by atoms with Crippen molar-refractivity contribution in [3.63, 3.8) is 0 Å². The normalized spacial score (nSPS) is 44.2. The Labute approximate surface area is 128 Å². The number of nitrogens with zero attached hydrogens (tertiary/aromatic N) is 2. The smallest absolute Gasteiger partial charge is 0.203 e. The Morgan fingerprint density at radius 2 is 1.90 bits per heavy atom. The van der Waals surface area contributed by atoms with Gasteiger partial charge in [-0.3, -0.25) is 0 Å². The highest BCUT2D eigenvalue weighted by atomic mass is 15.2. The fourth-order valence-corrected chi connectivity index (χ4v) is 6.68.